The third kappa shape index (κ3) is 4.35. The summed E-state index contributed by atoms with van der Waals surface area (Å²) < 4.78 is 27.1. The summed E-state index contributed by atoms with van der Waals surface area (Å²) in [6, 6.07) is 14.0. The average Bonchev–Trinajstić information content (AvgIpc) is 2.93. The van der Waals surface area contributed by atoms with Gasteiger partial charge in [-0.05, 0) is 36.8 Å². The molecule has 124 valence electrons. The molecule has 24 heavy (non-hydrogen) atoms. The van der Waals surface area contributed by atoms with Crippen molar-refractivity contribution in [2.24, 2.45) is 0 Å². The van der Waals surface area contributed by atoms with Crippen molar-refractivity contribution in [2.45, 2.75) is 12.7 Å². The van der Waals surface area contributed by atoms with Gasteiger partial charge in [-0.1, -0.05) is 35.9 Å². The van der Waals surface area contributed by atoms with Gasteiger partial charge in [-0.3, -0.25) is 4.72 Å². The van der Waals surface area contributed by atoms with Gasteiger partial charge in [-0.2, -0.15) is 0 Å². The number of nitrogens with zero attached hydrogens (tertiary/aromatic N) is 1. The predicted octanol–water partition coefficient (Wildman–Crippen LogP) is 4.71. The first kappa shape index (κ1) is 17.0. The van der Waals surface area contributed by atoms with Gasteiger partial charge < -0.3 is 0 Å². The van der Waals surface area contributed by atoms with E-state index in [1.807, 2.05) is 24.4 Å². The Hall–Kier alpha value is -1.89. The Kier molecular flexibility index (Phi) is 4.89. The number of anilines is 1. The highest BCUT2D eigenvalue weighted by molar-refractivity contribution is 7.91. The monoisotopic (exact) mass is 378 g/mol. The number of benzene rings is 2. The summed E-state index contributed by atoms with van der Waals surface area (Å²) in [5.74, 6) is -0.124. The van der Waals surface area contributed by atoms with Gasteiger partial charge in [0.05, 0.1) is 16.5 Å². The normalized spacial score (nSPS) is 11.4. The van der Waals surface area contributed by atoms with Crippen LogP contribution in [0.25, 0.3) is 11.3 Å². The summed E-state index contributed by atoms with van der Waals surface area (Å²) in [5, 5.41) is 3.50. The maximum Gasteiger partial charge on any atom is 0.236 e. The van der Waals surface area contributed by atoms with Crippen LogP contribution in [0.4, 0.5) is 5.69 Å². The second-order valence-corrected chi connectivity index (χ2v) is 8.54. The van der Waals surface area contributed by atoms with Crippen LogP contribution in [0.3, 0.4) is 0 Å². The highest BCUT2D eigenvalue weighted by atomic mass is 35.5. The fourth-order valence-electron chi connectivity index (χ4n) is 2.27. The molecule has 0 aliphatic heterocycles. The minimum atomic E-state index is -3.50. The van der Waals surface area contributed by atoms with Gasteiger partial charge >= 0.3 is 0 Å². The third-order valence-corrected chi connectivity index (χ3v) is 5.59. The number of rotatable bonds is 5. The molecular formula is C17H15ClN2O2S2. The minimum absolute atomic E-state index is 0.124. The van der Waals surface area contributed by atoms with Crippen molar-refractivity contribution in [3.8, 4) is 11.3 Å². The lowest BCUT2D eigenvalue weighted by Crippen LogP contribution is -2.15. The summed E-state index contributed by atoms with van der Waals surface area (Å²) >= 11 is 7.47. The van der Waals surface area contributed by atoms with E-state index in [1.54, 1.807) is 47.7 Å². The molecule has 1 aromatic heterocycles. The molecule has 0 fully saturated rings. The lowest BCUT2D eigenvalue weighted by Gasteiger charge is -2.09. The molecule has 0 saturated heterocycles. The Bertz CT molecular complexity index is 951. The van der Waals surface area contributed by atoms with Gasteiger partial charge in [0.2, 0.25) is 10.0 Å². The number of halogens is 1. The molecule has 0 aliphatic carbocycles. The van der Waals surface area contributed by atoms with Crippen LogP contribution >= 0.6 is 22.9 Å². The standard InChI is InChI=1S/C17H15ClN2O2S2/c1-12-19-17(10-23-12)14-5-7-16(8-6-14)20-24(21,22)11-13-3-2-4-15(18)9-13/h2-10,20H,11H2,1H3. The van der Waals surface area contributed by atoms with E-state index < -0.39 is 10.0 Å². The Morgan fingerprint density at radius 1 is 1.17 bits per heavy atom. The van der Waals surface area contributed by atoms with E-state index in [9.17, 15) is 8.42 Å². The van der Waals surface area contributed by atoms with E-state index in [0.29, 0.717) is 16.3 Å². The van der Waals surface area contributed by atoms with Gasteiger partial charge in [0.1, 0.15) is 0 Å². The van der Waals surface area contributed by atoms with E-state index in [2.05, 4.69) is 9.71 Å². The zero-order chi connectivity index (χ0) is 17.2. The van der Waals surface area contributed by atoms with Crippen LogP contribution in [0.2, 0.25) is 5.02 Å². The zero-order valence-corrected chi connectivity index (χ0v) is 15.3. The van der Waals surface area contributed by atoms with Gasteiger partial charge in [0.15, 0.2) is 0 Å². The number of nitrogens with one attached hydrogen (secondary N) is 1. The molecule has 0 aliphatic rings. The lowest BCUT2D eigenvalue weighted by molar-refractivity contribution is 0.600. The minimum Gasteiger partial charge on any atom is -0.283 e. The van der Waals surface area contributed by atoms with Crippen LogP contribution in [0.15, 0.2) is 53.9 Å². The largest absolute Gasteiger partial charge is 0.283 e. The first-order valence-corrected chi connectivity index (χ1v) is 10.1. The van der Waals surface area contributed by atoms with Gasteiger partial charge in [-0.15, -0.1) is 11.3 Å². The summed E-state index contributed by atoms with van der Waals surface area (Å²) in [5.41, 5.74) is 3.01. The van der Waals surface area contributed by atoms with Crippen LogP contribution in [0.5, 0.6) is 0 Å². The van der Waals surface area contributed by atoms with Crippen LogP contribution in [0.1, 0.15) is 10.6 Å². The molecule has 0 amide bonds. The smallest absolute Gasteiger partial charge is 0.236 e. The SMILES string of the molecule is Cc1nc(-c2ccc(NS(=O)(=O)Cc3cccc(Cl)c3)cc2)cs1. The highest BCUT2D eigenvalue weighted by Gasteiger charge is 2.12. The Labute approximate surface area is 150 Å². The van der Waals surface area contributed by atoms with Crippen molar-refractivity contribution in [1.29, 1.82) is 0 Å². The molecule has 0 bridgehead atoms. The number of hydrogen-bond donors (Lipinski definition) is 1. The van der Waals surface area contributed by atoms with Crippen molar-refractivity contribution in [3.05, 3.63) is 69.5 Å². The molecule has 0 saturated carbocycles. The van der Waals surface area contributed by atoms with Crippen molar-refractivity contribution in [3.63, 3.8) is 0 Å². The second-order valence-electron chi connectivity index (χ2n) is 5.32. The second kappa shape index (κ2) is 6.93. The van der Waals surface area contributed by atoms with Gasteiger partial charge in [0.25, 0.3) is 0 Å². The van der Waals surface area contributed by atoms with Gasteiger partial charge in [0, 0.05) is 21.7 Å². The summed E-state index contributed by atoms with van der Waals surface area (Å²) in [4.78, 5) is 4.42. The quantitative estimate of drug-likeness (QED) is 0.699. The molecule has 4 nitrogen and oxygen atoms in total. The molecule has 1 N–H and O–H groups in total. The van der Waals surface area contributed by atoms with Crippen LogP contribution < -0.4 is 4.72 Å². The molecule has 3 aromatic rings. The first-order chi connectivity index (χ1) is 11.4. The molecule has 3 rings (SSSR count). The molecule has 0 atom stereocenters. The van der Waals surface area contributed by atoms with E-state index in [0.717, 1.165) is 16.3 Å². The predicted molar refractivity (Wildman–Crippen MR) is 100.0 cm³/mol. The molecule has 1 heterocycles. The fourth-order valence-corrected chi connectivity index (χ4v) is 4.29. The third-order valence-electron chi connectivity index (χ3n) is 3.32. The molecular weight excluding hydrogens is 364 g/mol. The van der Waals surface area contributed by atoms with Crippen molar-refractivity contribution >= 4 is 38.6 Å². The number of aromatic nitrogens is 1. The summed E-state index contributed by atoms with van der Waals surface area (Å²) in [6.45, 7) is 1.95. The molecule has 2 aromatic carbocycles. The molecule has 0 radical (unpaired) electrons. The van der Waals surface area contributed by atoms with Crippen molar-refractivity contribution in [1.82, 2.24) is 4.98 Å². The van der Waals surface area contributed by atoms with Crippen molar-refractivity contribution in [2.75, 3.05) is 4.72 Å². The van der Waals surface area contributed by atoms with Crippen LogP contribution in [0, 0.1) is 6.92 Å². The summed E-state index contributed by atoms with van der Waals surface area (Å²) in [7, 11) is -3.50. The number of thiazole rings is 1. The molecule has 0 unspecified atom stereocenters. The fraction of sp³-hybridized carbons (Fsp3) is 0.118. The van der Waals surface area contributed by atoms with E-state index in [1.165, 1.54) is 0 Å². The van der Waals surface area contributed by atoms with E-state index in [-0.39, 0.29) is 5.75 Å². The Balaban J connectivity index is 1.73. The highest BCUT2D eigenvalue weighted by Crippen LogP contribution is 2.24. The number of hydrogen-bond acceptors (Lipinski definition) is 4. The van der Waals surface area contributed by atoms with Crippen LogP contribution in [-0.4, -0.2) is 13.4 Å². The lowest BCUT2D eigenvalue weighted by atomic mass is 10.1. The first-order valence-electron chi connectivity index (χ1n) is 7.19. The topological polar surface area (TPSA) is 59.1 Å². The van der Waals surface area contributed by atoms with E-state index >= 15 is 0 Å². The molecule has 0 spiro atoms. The zero-order valence-electron chi connectivity index (χ0n) is 12.9. The maximum atomic E-state index is 12.3. The average molecular weight is 379 g/mol. The number of sulfonamides is 1. The van der Waals surface area contributed by atoms with Crippen molar-refractivity contribution < 1.29 is 8.42 Å². The molecule has 7 heteroatoms. The Morgan fingerprint density at radius 2 is 1.92 bits per heavy atom. The maximum absolute atomic E-state index is 12.3. The van der Waals surface area contributed by atoms with E-state index in [4.69, 9.17) is 11.6 Å². The number of aryl methyl sites for hydroxylation is 1. The van der Waals surface area contributed by atoms with Crippen LogP contribution in [-0.2, 0) is 15.8 Å². The Morgan fingerprint density at radius 3 is 2.54 bits per heavy atom. The summed E-state index contributed by atoms with van der Waals surface area (Å²) in [6.07, 6.45) is 0. The van der Waals surface area contributed by atoms with Gasteiger partial charge in [-0.25, -0.2) is 13.4 Å².